The highest BCUT2D eigenvalue weighted by atomic mass is 16.5. The molecule has 0 atom stereocenters. The molecule has 0 bridgehead atoms. The summed E-state index contributed by atoms with van der Waals surface area (Å²) >= 11 is 0. The minimum absolute atomic E-state index is 0.257. The molecule has 7 nitrogen and oxygen atoms in total. The first kappa shape index (κ1) is 18.5. The van der Waals surface area contributed by atoms with Gasteiger partial charge in [0.2, 0.25) is 0 Å². The van der Waals surface area contributed by atoms with Crippen LogP contribution in [0.15, 0.2) is 36.5 Å². The van der Waals surface area contributed by atoms with Crippen LogP contribution in [0.4, 0.5) is 11.5 Å². The predicted octanol–water partition coefficient (Wildman–Crippen LogP) is 2.32. The molecule has 2 rings (SSSR count). The molecule has 1 aromatic carbocycles. The van der Waals surface area contributed by atoms with Crippen molar-refractivity contribution in [2.75, 3.05) is 52.0 Å². The van der Waals surface area contributed by atoms with E-state index in [0.717, 1.165) is 18.9 Å². The maximum atomic E-state index is 12.4. The van der Waals surface area contributed by atoms with Gasteiger partial charge in [-0.1, -0.05) is 0 Å². The quantitative estimate of drug-likeness (QED) is 0.765. The molecule has 0 aliphatic heterocycles. The van der Waals surface area contributed by atoms with Crippen molar-refractivity contribution in [1.29, 1.82) is 0 Å². The largest absolute Gasteiger partial charge is 0.497 e. The zero-order valence-electron chi connectivity index (χ0n) is 15.0. The van der Waals surface area contributed by atoms with E-state index in [2.05, 4.69) is 20.5 Å². The van der Waals surface area contributed by atoms with Gasteiger partial charge in [0.15, 0.2) is 0 Å². The van der Waals surface area contributed by atoms with Gasteiger partial charge >= 0.3 is 0 Å². The summed E-state index contributed by atoms with van der Waals surface area (Å²) in [6.07, 6.45) is 1.62. The average molecular weight is 344 g/mol. The van der Waals surface area contributed by atoms with Crippen molar-refractivity contribution in [3.8, 4) is 11.5 Å². The topological polar surface area (TPSA) is 75.7 Å². The first-order chi connectivity index (χ1) is 12.0. The Balaban J connectivity index is 2.00. The van der Waals surface area contributed by atoms with Crippen molar-refractivity contribution in [3.63, 3.8) is 0 Å². The number of hydrogen-bond donors (Lipinski definition) is 2. The first-order valence-corrected chi connectivity index (χ1v) is 7.91. The molecule has 25 heavy (non-hydrogen) atoms. The smallest absolute Gasteiger partial charge is 0.255 e. The van der Waals surface area contributed by atoms with Crippen LogP contribution in [-0.4, -0.2) is 57.2 Å². The maximum Gasteiger partial charge on any atom is 0.255 e. The Morgan fingerprint density at radius 2 is 1.80 bits per heavy atom. The molecule has 0 saturated carbocycles. The number of aromatic nitrogens is 1. The molecule has 0 unspecified atom stereocenters. The summed E-state index contributed by atoms with van der Waals surface area (Å²) < 4.78 is 10.4. The summed E-state index contributed by atoms with van der Waals surface area (Å²) in [7, 11) is 7.12. The van der Waals surface area contributed by atoms with Crippen LogP contribution in [0.3, 0.4) is 0 Å². The van der Waals surface area contributed by atoms with E-state index in [1.807, 2.05) is 20.2 Å². The molecule has 1 heterocycles. The van der Waals surface area contributed by atoms with Gasteiger partial charge in [-0.05, 0) is 38.4 Å². The Morgan fingerprint density at radius 3 is 2.32 bits per heavy atom. The molecule has 1 aromatic heterocycles. The highest BCUT2D eigenvalue weighted by molar-refractivity contribution is 6.04. The molecule has 0 spiro atoms. The summed E-state index contributed by atoms with van der Waals surface area (Å²) in [4.78, 5) is 18.8. The number of hydrogen-bond acceptors (Lipinski definition) is 6. The summed E-state index contributed by atoms with van der Waals surface area (Å²) in [5, 5.41) is 6.03. The van der Waals surface area contributed by atoms with Crippen LogP contribution in [0, 0.1) is 0 Å². The summed E-state index contributed by atoms with van der Waals surface area (Å²) in [6, 6.07) is 8.66. The lowest BCUT2D eigenvalue weighted by molar-refractivity contribution is 0.102. The number of methoxy groups -OCH3 is 2. The second-order valence-electron chi connectivity index (χ2n) is 5.72. The Bertz CT molecular complexity index is 680. The van der Waals surface area contributed by atoms with Gasteiger partial charge in [-0.3, -0.25) is 4.79 Å². The van der Waals surface area contributed by atoms with Crippen molar-refractivity contribution < 1.29 is 14.3 Å². The van der Waals surface area contributed by atoms with Gasteiger partial charge in [-0.25, -0.2) is 4.98 Å². The van der Waals surface area contributed by atoms with Crippen LogP contribution in [0.2, 0.25) is 0 Å². The summed E-state index contributed by atoms with van der Waals surface area (Å²) in [5.74, 6) is 1.63. The lowest BCUT2D eigenvalue weighted by atomic mass is 10.2. The summed E-state index contributed by atoms with van der Waals surface area (Å²) in [5.41, 5.74) is 1.06. The molecule has 0 aliphatic rings. The normalized spacial score (nSPS) is 10.4. The van der Waals surface area contributed by atoms with Crippen molar-refractivity contribution in [1.82, 2.24) is 9.88 Å². The molecule has 1 amide bonds. The Kier molecular flexibility index (Phi) is 6.59. The number of benzene rings is 1. The fourth-order valence-corrected chi connectivity index (χ4v) is 2.12. The SMILES string of the molecule is COc1cc(OC)cc(C(=O)Nc2ccc(NCCN(C)C)nc2)c1. The van der Waals surface area contributed by atoms with Crippen molar-refractivity contribution in [2.45, 2.75) is 0 Å². The second-order valence-corrected chi connectivity index (χ2v) is 5.72. The fourth-order valence-electron chi connectivity index (χ4n) is 2.12. The van der Waals surface area contributed by atoms with Gasteiger partial charge in [0, 0.05) is 24.7 Å². The van der Waals surface area contributed by atoms with E-state index in [9.17, 15) is 4.79 Å². The zero-order chi connectivity index (χ0) is 18.2. The number of amides is 1. The number of pyridine rings is 1. The minimum Gasteiger partial charge on any atom is -0.497 e. The number of carbonyl (C=O) groups is 1. The number of nitrogens with zero attached hydrogens (tertiary/aromatic N) is 2. The number of ether oxygens (including phenoxy) is 2. The van der Waals surface area contributed by atoms with Crippen molar-refractivity contribution in [2.24, 2.45) is 0 Å². The molecule has 2 aromatic rings. The maximum absolute atomic E-state index is 12.4. The zero-order valence-corrected chi connectivity index (χ0v) is 15.0. The third-order valence-electron chi connectivity index (χ3n) is 3.50. The van der Waals surface area contributed by atoms with E-state index in [0.29, 0.717) is 22.7 Å². The van der Waals surface area contributed by atoms with Crippen molar-refractivity contribution >= 4 is 17.4 Å². The molecule has 134 valence electrons. The lowest BCUT2D eigenvalue weighted by Gasteiger charge is -2.11. The van der Waals surface area contributed by atoms with Crippen LogP contribution in [0.1, 0.15) is 10.4 Å². The van der Waals surface area contributed by atoms with Gasteiger partial charge in [0.25, 0.3) is 5.91 Å². The Labute approximate surface area is 148 Å². The molecule has 0 saturated heterocycles. The molecular weight excluding hydrogens is 320 g/mol. The molecular formula is C18H24N4O3. The van der Waals surface area contributed by atoms with Crippen LogP contribution in [-0.2, 0) is 0 Å². The Morgan fingerprint density at radius 1 is 1.12 bits per heavy atom. The van der Waals surface area contributed by atoms with E-state index in [4.69, 9.17) is 9.47 Å². The van der Waals surface area contributed by atoms with Crippen LogP contribution in [0.5, 0.6) is 11.5 Å². The van der Waals surface area contributed by atoms with Crippen LogP contribution >= 0.6 is 0 Å². The van der Waals surface area contributed by atoms with Crippen LogP contribution < -0.4 is 20.1 Å². The average Bonchev–Trinajstić information content (AvgIpc) is 2.62. The molecule has 7 heteroatoms. The van der Waals surface area contributed by atoms with E-state index >= 15 is 0 Å². The monoisotopic (exact) mass is 344 g/mol. The highest BCUT2D eigenvalue weighted by Crippen LogP contribution is 2.23. The first-order valence-electron chi connectivity index (χ1n) is 7.91. The predicted molar refractivity (Wildman–Crippen MR) is 98.8 cm³/mol. The van der Waals surface area contributed by atoms with Gasteiger partial charge < -0.3 is 25.0 Å². The van der Waals surface area contributed by atoms with E-state index in [1.165, 1.54) is 0 Å². The molecule has 0 fully saturated rings. The number of likely N-dealkylation sites (N-methyl/N-ethyl adjacent to an activating group) is 1. The number of carbonyl (C=O) groups excluding carboxylic acids is 1. The van der Waals surface area contributed by atoms with Gasteiger partial charge in [-0.2, -0.15) is 0 Å². The van der Waals surface area contributed by atoms with Gasteiger partial charge in [0.05, 0.1) is 26.1 Å². The van der Waals surface area contributed by atoms with Crippen LogP contribution in [0.25, 0.3) is 0 Å². The molecule has 2 N–H and O–H groups in total. The second kappa shape index (κ2) is 8.89. The number of anilines is 2. The van der Waals surface area contributed by atoms with Gasteiger partial charge in [0.1, 0.15) is 17.3 Å². The number of rotatable bonds is 8. The Hall–Kier alpha value is -2.80. The standard InChI is InChI=1S/C18H24N4O3/c1-22(2)8-7-19-17-6-5-14(12-20-17)21-18(23)13-9-15(24-3)11-16(10-13)25-4/h5-6,9-12H,7-8H2,1-4H3,(H,19,20)(H,21,23). The van der Waals surface area contributed by atoms with Crippen molar-refractivity contribution in [3.05, 3.63) is 42.1 Å². The minimum atomic E-state index is -0.257. The third kappa shape index (κ3) is 5.65. The van der Waals surface area contributed by atoms with Gasteiger partial charge in [-0.15, -0.1) is 0 Å². The van der Waals surface area contributed by atoms with E-state index in [1.54, 1.807) is 44.7 Å². The highest BCUT2D eigenvalue weighted by Gasteiger charge is 2.10. The molecule has 0 aliphatic carbocycles. The van der Waals surface area contributed by atoms with E-state index < -0.39 is 0 Å². The molecule has 0 radical (unpaired) electrons. The lowest BCUT2D eigenvalue weighted by Crippen LogP contribution is -2.21. The van der Waals surface area contributed by atoms with E-state index in [-0.39, 0.29) is 5.91 Å². The fraction of sp³-hybridized carbons (Fsp3) is 0.333. The number of nitrogens with one attached hydrogen (secondary N) is 2. The third-order valence-corrected chi connectivity index (χ3v) is 3.50. The summed E-state index contributed by atoms with van der Waals surface area (Å²) in [6.45, 7) is 1.72.